The first-order valence-corrected chi connectivity index (χ1v) is 5.45. The van der Waals surface area contributed by atoms with Crippen molar-refractivity contribution in [1.29, 1.82) is 0 Å². The van der Waals surface area contributed by atoms with Crippen molar-refractivity contribution in [3.8, 4) is 5.75 Å². The van der Waals surface area contributed by atoms with Crippen LogP contribution in [0.3, 0.4) is 0 Å². The molecule has 0 aliphatic heterocycles. The molecule has 0 saturated heterocycles. The van der Waals surface area contributed by atoms with Crippen molar-refractivity contribution < 1.29 is 19.4 Å². The van der Waals surface area contributed by atoms with E-state index in [4.69, 9.17) is 4.74 Å². The Morgan fingerprint density at radius 3 is 2.12 bits per heavy atom. The molecule has 17 heavy (non-hydrogen) atoms. The smallest absolute Gasteiger partial charge is 0.302 e. The number of aliphatic hydroxyl groups is 1. The van der Waals surface area contributed by atoms with Gasteiger partial charge in [0.15, 0.2) is 0 Å². The minimum Gasteiger partial charge on any atom is -0.466 e. The predicted octanol–water partition coefficient (Wildman–Crippen LogP) is 2.36. The number of rotatable bonds is 3. The van der Waals surface area contributed by atoms with Crippen LogP contribution in [0.4, 0.5) is 0 Å². The van der Waals surface area contributed by atoms with Crippen molar-refractivity contribution in [3.63, 3.8) is 0 Å². The third kappa shape index (κ3) is 10.7. The average Bonchev–Trinajstić information content (AvgIpc) is 2.17. The van der Waals surface area contributed by atoms with Crippen LogP contribution in [0.1, 0.15) is 27.7 Å². The van der Waals surface area contributed by atoms with Crippen LogP contribution in [0.2, 0.25) is 0 Å². The van der Waals surface area contributed by atoms with Crippen molar-refractivity contribution in [2.45, 2.75) is 33.5 Å². The minimum absolute atomic E-state index is 0.211. The maximum atomic E-state index is 9.82. The van der Waals surface area contributed by atoms with Crippen molar-refractivity contribution in [3.05, 3.63) is 30.3 Å². The zero-order valence-electron chi connectivity index (χ0n) is 10.8. The van der Waals surface area contributed by atoms with Crippen LogP contribution in [0, 0.1) is 0 Å². The number of carbonyl (C=O) groups is 1. The quantitative estimate of drug-likeness (QED) is 0.651. The highest BCUT2D eigenvalue weighted by Crippen LogP contribution is 2.14. The molecule has 0 saturated carbocycles. The molecule has 0 heterocycles. The summed E-state index contributed by atoms with van der Waals surface area (Å²) in [7, 11) is 0. The molecule has 1 N–H and O–H groups in total. The van der Waals surface area contributed by atoms with Crippen LogP contribution in [0.5, 0.6) is 5.75 Å². The zero-order valence-corrected chi connectivity index (χ0v) is 10.8. The number of hydrogen-bond donors (Lipinski definition) is 1. The standard InChI is InChI=1S/C9H12O2.C4H8O2/c1-9(2,10)11-8-6-4-3-5-7-8;1-3-6-4(2)5/h3-7,10H,1-2H3;3H2,1-2H3. The Labute approximate surface area is 102 Å². The Hall–Kier alpha value is -1.55. The predicted molar refractivity (Wildman–Crippen MR) is 65.7 cm³/mol. The highest BCUT2D eigenvalue weighted by Gasteiger charge is 2.12. The van der Waals surface area contributed by atoms with E-state index in [1.54, 1.807) is 32.9 Å². The van der Waals surface area contributed by atoms with Crippen LogP contribution in [-0.4, -0.2) is 23.5 Å². The first-order chi connectivity index (χ1) is 7.85. The van der Waals surface area contributed by atoms with Gasteiger partial charge in [0.05, 0.1) is 6.61 Å². The van der Waals surface area contributed by atoms with Gasteiger partial charge in [-0.2, -0.15) is 0 Å². The van der Waals surface area contributed by atoms with Crippen LogP contribution in [-0.2, 0) is 9.53 Å². The fraction of sp³-hybridized carbons (Fsp3) is 0.462. The fourth-order valence-corrected chi connectivity index (χ4v) is 0.980. The lowest BCUT2D eigenvalue weighted by atomic mass is 10.3. The minimum atomic E-state index is -1.10. The number of esters is 1. The summed E-state index contributed by atoms with van der Waals surface area (Å²) in [4.78, 5) is 9.82. The topological polar surface area (TPSA) is 55.8 Å². The second-order valence-electron chi connectivity index (χ2n) is 3.79. The zero-order chi connectivity index (χ0) is 13.3. The van der Waals surface area contributed by atoms with Gasteiger partial charge in [0, 0.05) is 20.8 Å². The number of hydrogen-bond acceptors (Lipinski definition) is 4. The summed E-state index contributed by atoms with van der Waals surface area (Å²) in [6, 6.07) is 9.23. The molecule has 0 aliphatic carbocycles. The summed E-state index contributed by atoms with van der Waals surface area (Å²) in [5, 5.41) is 9.25. The molecule has 4 heteroatoms. The SMILES string of the molecule is CC(C)(O)Oc1ccccc1.CCOC(C)=O. The van der Waals surface area contributed by atoms with E-state index in [2.05, 4.69) is 4.74 Å². The lowest BCUT2D eigenvalue weighted by Crippen LogP contribution is -2.26. The lowest BCUT2D eigenvalue weighted by molar-refractivity contribution is -0.140. The van der Waals surface area contributed by atoms with E-state index in [1.807, 2.05) is 18.2 Å². The van der Waals surface area contributed by atoms with Crippen molar-refractivity contribution in [2.75, 3.05) is 6.61 Å². The molecule has 1 aromatic rings. The summed E-state index contributed by atoms with van der Waals surface area (Å²) < 4.78 is 9.56. The Morgan fingerprint density at radius 1 is 1.29 bits per heavy atom. The molecule has 0 bridgehead atoms. The monoisotopic (exact) mass is 240 g/mol. The van der Waals surface area contributed by atoms with Gasteiger partial charge in [-0.1, -0.05) is 18.2 Å². The van der Waals surface area contributed by atoms with E-state index < -0.39 is 5.79 Å². The second kappa shape index (κ2) is 7.68. The number of benzene rings is 1. The molecule has 0 atom stereocenters. The molecule has 0 fully saturated rings. The summed E-state index contributed by atoms with van der Waals surface area (Å²) in [5.41, 5.74) is 0. The van der Waals surface area contributed by atoms with Crippen molar-refractivity contribution in [2.24, 2.45) is 0 Å². The normalized spacial score (nSPS) is 9.94. The maximum Gasteiger partial charge on any atom is 0.302 e. The van der Waals surface area contributed by atoms with Gasteiger partial charge in [-0.05, 0) is 19.1 Å². The van der Waals surface area contributed by atoms with Gasteiger partial charge < -0.3 is 14.6 Å². The largest absolute Gasteiger partial charge is 0.466 e. The molecule has 0 spiro atoms. The van der Waals surface area contributed by atoms with Crippen LogP contribution in [0.15, 0.2) is 30.3 Å². The summed E-state index contributed by atoms with van der Waals surface area (Å²) in [6.07, 6.45) is 0. The van der Waals surface area contributed by atoms with E-state index >= 15 is 0 Å². The molecule has 1 rings (SSSR count). The Bertz CT molecular complexity index is 314. The van der Waals surface area contributed by atoms with Crippen LogP contribution in [0.25, 0.3) is 0 Å². The first kappa shape index (κ1) is 15.4. The van der Waals surface area contributed by atoms with Gasteiger partial charge in [-0.3, -0.25) is 4.79 Å². The van der Waals surface area contributed by atoms with Crippen LogP contribution < -0.4 is 4.74 Å². The van der Waals surface area contributed by atoms with E-state index in [9.17, 15) is 9.90 Å². The molecule has 4 nitrogen and oxygen atoms in total. The lowest BCUT2D eigenvalue weighted by Gasteiger charge is -2.19. The molecule has 1 aromatic carbocycles. The van der Waals surface area contributed by atoms with E-state index in [0.717, 1.165) is 0 Å². The maximum absolute atomic E-state index is 9.82. The molecular weight excluding hydrogens is 220 g/mol. The van der Waals surface area contributed by atoms with E-state index in [1.165, 1.54) is 6.92 Å². The van der Waals surface area contributed by atoms with Gasteiger partial charge in [0.2, 0.25) is 5.79 Å². The van der Waals surface area contributed by atoms with Gasteiger partial charge in [0.25, 0.3) is 0 Å². The molecular formula is C13H20O4. The summed E-state index contributed by atoms with van der Waals surface area (Å²) in [5.74, 6) is -0.626. The molecule has 96 valence electrons. The number of carbonyl (C=O) groups excluding carboxylic acids is 1. The van der Waals surface area contributed by atoms with Crippen molar-refractivity contribution >= 4 is 5.97 Å². The first-order valence-electron chi connectivity index (χ1n) is 5.45. The average molecular weight is 240 g/mol. The molecule has 0 aliphatic rings. The Balaban J connectivity index is 0.000000366. The molecule has 0 aromatic heterocycles. The fourth-order valence-electron chi connectivity index (χ4n) is 0.980. The highest BCUT2D eigenvalue weighted by atomic mass is 16.6. The number of ether oxygens (including phenoxy) is 2. The third-order valence-corrected chi connectivity index (χ3v) is 1.46. The third-order valence-electron chi connectivity index (χ3n) is 1.46. The van der Waals surface area contributed by atoms with E-state index in [-0.39, 0.29) is 5.97 Å². The summed E-state index contributed by atoms with van der Waals surface area (Å²) >= 11 is 0. The molecule has 0 amide bonds. The van der Waals surface area contributed by atoms with Gasteiger partial charge in [-0.25, -0.2) is 0 Å². The molecule has 0 radical (unpaired) electrons. The van der Waals surface area contributed by atoms with Gasteiger partial charge >= 0.3 is 5.97 Å². The van der Waals surface area contributed by atoms with E-state index in [0.29, 0.717) is 12.4 Å². The Morgan fingerprint density at radius 2 is 1.82 bits per heavy atom. The van der Waals surface area contributed by atoms with Gasteiger partial charge in [-0.15, -0.1) is 0 Å². The second-order valence-corrected chi connectivity index (χ2v) is 3.79. The highest BCUT2D eigenvalue weighted by molar-refractivity contribution is 5.65. The van der Waals surface area contributed by atoms with Crippen LogP contribution >= 0.6 is 0 Å². The molecule has 0 unspecified atom stereocenters. The van der Waals surface area contributed by atoms with Crippen molar-refractivity contribution in [1.82, 2.24) is 0 Å². The Kier molecular flexibility index (Phi) is 6.98. The number of para-hydroxylation sites is 1. The van der Waals surface area contributed by atoms with Gasteiger partial charge in [0.1, 0.15) is 5.75 Å². The summed E-state index contributed by atoms with van der Waals surface area (Å²) in [6.45, 7) is 6.85.